The first-order valence-corrected chi connectivity index (χ1v) is 11.7. The van der Waals surface area contributed by atoms with Crippen molar-refractivity contribution in [2.75, 3.05) is 0 Å². The molecule has 168 valence electrons. The average Bonchev–Trinajstić information content (AvgIpc) is 3.54. The third-order valence-electron chi connectivity index (χ3n) is 5.69. The molecule has 1 aromatic carbocycles. The van der Waals surface area contributed by atoms with Gasteiger partial charge in [-0.05, 0) is 55.9 Å². The van der Waals surface area contributed by atoms with Crippen LogP contribution in [0.4, 0.5) is 0 Å². The van der Waals surface area contributed by atoms with E-state index in [4.69, 9.17) is 16.1 Å². The average molecular weight is 488 g/mol. The van der Waals surface area contributed by atoms with Gasteiger partial charge in [0.2, 0.25) is 0 Å². The number of aromatic nitrogens is 7. The van der Waals surface area contributed by atoms with Crippen LogP contribution >= 0.6 is 23.4 Å². The van der Waals surface area contributed by atoms with Gasteiger partial charge >= 0.3 is 0 Å². The molecular formula is C24H18ClN7OS. The topological polar surface area (TPSA) is 86.9 Å². The second kappa shape index (κ2) is 7.96. The molecule has 5 heterocycles. The standard InChI is InChI=1S/C24H18ClN7OS/c1-13-22(14(2)33-30-13)19-10-26-20-6-5-17(8-18(20)23(19)25)34-24-29-28-21-7-4-15(12-32(21)24)16-9-27-31(3)11-16/h4-12H,1-3H3. The fraction of sp³-hybridized carbons (Fsp3) is 0.125. The van der Waals surface area contributed by atoms with Crippen molar-refractivity contribution in [1.29, 1.82) is 0 Å². The molecule has 6 aromatic rings. The zero-order chi connectivity index (χ0) is 23.4. The second-order valence-electron chi connectivity index (χ2n) is 8.00. The number of nitrogens with zero attached hydrogens (tertiary/aromatic N) is 7. The van der Waals surface area contributed by atoms with E-state index in [1.807, 2.05) is 74.2 Å². The number of hydrogen-bond donors (Lipinski definition) is 0. The minimum atomic E-state index is 0.617. The Labute approximate surface area is 203 Å². The van der Waals surface area contributed by atoms with Crippen LogP contribution in [0.2, 0.25) is 5.02 Å². The van der Waals surface area contributed by atoms with Gasteiger partial charge in [0.15, 0.2) is 10.8 Å². The van der Waals surface area contributed by atoms with Gasteiger partial charge in [0.25, 0.3) is 0 Å². The molecule has 0 radical (unpaired) electrons. The van der Waals surface area contributed by atoms with Crippen LogP contribution in [0.25, 0.3) is 38.8 Å². The number of fused-ring (bicyclic) bond motifs is 2. The van der Waals surface area contributed by atoms with Crippen LogP contribution in [0.5, 0.6) is 0 Å². The normalized spacial score (nSPS) is 11.6. The molecule has 0 bridgehead atoms. The highest BCUT2D eigenvalue weighted by Gasteiger charge is 2.18. The number of rotatable bonds is 4. The molecule has 5 aromatic heterocycles. The molecule has 0 N–H and O–H groups in total. The lowest BCUT2D eigenvalue weighted by Gasteiger charge is -2.09. The second-order valence-corrected chi connectivity index (χ2v) is 9.42. The SMILES string of the molecule is Cc1noc(C)c1-c1cnc2ccc(Sc3nnc4ccc(-c5cnn(C)c5)cn34)cc2c1Cl. The maximum absolute atomic E-state index is 6.86. The highest BCUT2D eigenvalue weighted by molar-refractivity contribution is 7.99. The Morgan fingerprint density at radius 3 is 2.65 bits per heavy atom. The first-order chi connectivity index (χ1) is 16.5. The molecule has 0 amide bonds. The van der Waals surface area contributed by atoms with Crippen LogP contribution < -0.4 is 0 Å². The van der Waals surface area contributed by atoms with Crippen molar-refractivity contribution in [3.8, 4) is 22.3 Å². The van der Waals surface area contributed by atoms with Crippen molar-refractivity contribution in [2.45, 2.75) is 23.9 Å². The Bertz CT molecular complexity index is 1680. The summed E-state index contributed by atoms with van der Waals surface area (Å²) in [5.41, 5.74) is 6.13. The van der Waals surface area contributed by atoms with E-state index in [0.717, 1.165) is 54.5 Å². The van der Waals surface area contributed by atoms with Crippen LogP contribution in [0.15, 0.2) is 69.7 Å². The number of benzene rings is 1. The van der Waals surface area contributed by atoms with E-state index in [1.54, 1.807) is 10.9 Å². The Hall–Kier alpha value is -3.69. The summed E-state index contributed by atoms with van der Waals surface area (Å²) in [6, 6.07) is 9.98. The largest absolute Gasteiger partial charge is 0.361 e. The minimum Gasteiger partial charge on any atom is -0.361 e. The Balaban J connectivity index is 1.41. The van der Waals surface area contributed by atoms with Gasteiger partial charge in [-0.15, -0.1) is 10.2 Å². The van der Waals surface area contributed by atoms with E-state index in [0.29, 0.717) is 10.8 Å². The van der Waals surface area contributed by atoms with Crippen LogP contribution in [-0.4, -0.2) is 34.5 Å². The molecule has 0 unspecified atom stereocenters. The summed E-state index contributed by atoms with van der Waals surface area (Å²) in [5, 5.41) is 19.3. The molecule has 0 aliphatic carbocycles. The molecule has 0 saturated carbocycles. The van der Waals surface area contributed by atoms with Gasteiger partial charge in [-0.2, -0.15) is 5.10 Å². The lowest BCUT2D eigenvalue weighted by atomic mass is 10.0. The lowest BCUT2D eigenvalue weighted by molar-refractivity contribution is 0.393. The molecule has 0 aliphatic heterocycles. The van der Waals surface area contributed by atoms with Crippen molar-refractivity contribution < 1.29 is 4.52 Å². The highest BCUT2D eigenvalue weighted by Crippen LogP contribution is 2.38. The van der Waals surface area contributed by atoms with E-state index < -0.39 is 0 Å². The fourth-order valence-electron chi connectivity index (χ4n) is 4.03. The lowest BCUT2D eigenvalue weighted by Crippen LogP contribution is -1.90. The number of aryl methyl sites for hydroxylation is 3. The van der Waals surface area contributed by atoms with E-state index in [1.165, 1.54) is 11.8 Å². The summed E-state index contributed by atoms with van der Waals surface area (Å²) < 4.78 is 9.10. The van der Waals surface area contributed by atoms with Gasteiger partial charge in [-0.3, -0.25) is 14.1 Å². The quantitative estimate of drug-likeness (QED) is 0.312. The predicted octanol–water partition coefficient (Wildman–Crippen LogP) is 5.75. The molecule has 0 fully saturated rings. The summed E-state index contributed by atoms with van der Waals surface area (Å²) >= 11 is 8.37. The molecule has 8 nitrogen and oxygen atoms in total. The molecule has 10 heteroatoms. The van der Waals surface area contributed by atoms with E-state index in [-0.39, 0.29) is 0 Å². The predicted molar refractivity (Wildman–Crippen MR) is 131 cm³/mol. The van der Waals surface area contributed by atoms with E-state index in [2.05, 4.69) is 25.4 Å². The summed E-state index contributed by atoms with van der Waals surface area (Å²) in [4.78, 5) is 5.59. The molecule has 0 saturated heterocycles. The van der Waals surface area contributed by atoms with Crippen molar-refractivity contribution in [2.24, 2.45) is 7.05 Å². The molecule has 34 heavy (non-hydrogen) atoms. The monoisotopic (exact) mass is 487 g/mol. The fourth-order valence-corrected chi connectivity index (χ4v) is 5.18. The third kappa shape index (κ3) is 3.44. The Morgan fingerprint density at radius 1 is 1.00 bits per heavy atom. The van der Waals surface area contributed by atoms with Gasteiger partial charge in [0.05, 0.1) is 28.0 Å². The van der Waals surface area contributed by atoms with E-state index >= 15 is 0 Å². The molecule has 0 aliphatic rings. The number of hydrogen-bond acceptors (Lipinski definition) is 7. The molecule has 6 rings (SSSR count). The van der Waals surface area contributed by atoms with Gasteiger partial charge in [-0.25, -0.2) is 0 Å². The van der Waals surface area contributed by atoms with Crippen LogP contribution in [-0.2, 0) is 7.05 Å². The van der Waals surface area contributed by atoms with Gasteiger partial charge in [0, 0.05) is 52.6 Å². The molecule has 0 spiro atoms. The molecular weight excluding hydrogens is 470 g/mol. The smallest absolute Gasteiger partial charge is 0.200 e. The summed E-state index contributed by atoms with van der Waals surface area (Å²) in [6.45, 7) is 3.77. The first kappa shape index (κ1) is 20.9. The minimum absolute atomic E-state index is 0.617. The van der Waals surface area contributed by atoms with Crippen LogP contribution in [0.3, 0.4) is 0 Å². The van der Waals surface area contributed by atoms with Gasteiger partial charge in [-0.1, -0.05) is 16.8 Å². The van der Waals surface area contributed by atoms with Crippen LogP contribution in [0, 0.1) is 13.8 Å². The van der Waals surface area contributed by atoms with Gasteiger partial charge in [0.1, 0.15) is 5.76 Å². The van der Waals surface area contributed by atoms with Crippen LogP contribution in [0.1, 0.15) is 11.5 Å². The van der Waals surface area contributed by atoms with Gasteiger partial charge < -0.3 is 4.52 Å². The molecule has 0 atom stereocenters. The number of halogens is 1. The van der Waals surface area contributed by atoms with Crippen molar-refractivity contribution in [3.05, 3.63) is 71.6 Å². The number of pyridine rings is 2. The Morgan fingerprint density at radius 2 is 1.88 bits per heavy atom. The van der Waals surface area contributed by atoms with Crippen molar-refractivity contribution in [3.63, 3.8) is 0 Å². The summed E-state index contributed by atoms with van der Waals surface area (Å²) in [5.74, 6) is 0.713. The maximum Gasteiger partial charge on any atom is 0.200 e. The zero-order valence-corrected chi connectivity index (χ0v) is 20.1. The van der Waals surface area contributed by atoms with Crippen molar-refractivity contribution in [1.82, 2.24) is 34.5 Å². The summed E-state index contributed by atoms with van der Waals surface area (Å²) in [7, 11) is 1.90. The maximum atomic E-state index is 6.86. The Kier molecular flexibility index (Phi) is 4.89. The first-order valence-electron chi connectivity index (χ1n) is 10.5. The highest BCUT2D eigenvalue weighted by atomic mass is 35.5. The van der Waals surface area contributed by atoms with E-state index in [9.17, 15) is 0 Å². The summed E-state index contributed by atoms with van der Waals surface area (Å²) in [6.07, 6.45) is 7.62. The van der Waals surface area contributed by atoms with Crippen molar-refractivity contribution >= 4 is 39.9 Å². The third-order valence-corrected chi connectivity index (χ3v) is 7.05. The zero-order valence-electron chi connectivity index (χ0n) is 18.5.